The van der Waals surface area contributed by atoms with Gasteiger partial charge < -0.3 is 5.32 Å². The third kappa shape index (κ3) is 2.01. The molecule has 0 bridgehead atoms. The average molecular weight is 203 g/mol. The molecule has 0 spiro atoms. The van der Waals surface area contributed by atoms with Crippen LogP contribution >= 0.6 is 0 Å². The molecule has 1 atom stereocenters. The highest BCUT2D eigenvalue weighted by Gasteiger charge is 2.21. The minimum Gasteiger partial charge on any atom is -0.385 e. The fraction of sp³-hybridized carbons (Fsp3) is 0.571. The number of nitrogens with one attached hydrogen (secondary N) is 1. The highest BCUT2D eigenvalue weighted by Crippen LogP contribution is 2.30. The third-order valence-electron chi connectivity index (χ3n) is 3.70. The van der Waals surface area contributed by atoms with Gasteiger partial charge in [-0.15, -0.1) is 0 Å². The summed E-state index contributed by atoms with van der Waals surface area (Å²) in [5.41, 5.74) is 5.67. The second kappa shape index (κ2) is 3.88. The highest BCUT2D eigenvalue weighted by molar-refractivity contribution is 5.57. The molecule has 82 valence electrons. The lowest BCUT2D eigenvalue weighted by Gasteiger charge is -2.29. The van der Waals surface area contributed by atoms with Gasteiger partial charge in [-0.3, -0.25) is 0 Å². The number of aryl methyl sites for hydroxylation is 2. The summed E-state index contributed by atoms with van der Waals surface area (Å²) in [4.78, 5) is 0. The maximum absolute atomic E-state index is 3.56. The van der Waals surface area contributed by atoms with Gasteiger partial charge in [0.25, 0.3) is 0 Å². The van der Waals surface area contributed by atoms with E-state index in [1.807, 2.05) is 0 Å². The fourth-order valence-corrected chi connectivity index (χ4v) is 2.28. The molecule has 0 saturated heterocycles. The van der Waals surface area contributed by atoms with Gasteiger partial charge in [-0.1, -0.05) is 19.9 Å². The van der Waals surface area contributed by atoms with E-state index in [0.29, 0.717) is 0 Å². The van der Waals surface area contributed by atoms with Gasteiger partial charge in [-0.05, 0) is 54.9 Å². The molecule has 1 aromatic carbocycles. The minimum absolute atomic E-state index is 0.771. The first-order valence-corrected chi connectivity index (χ1v) is 5.92. The van der Waals surface area contributed by atoms with Gasteiger partial charge in [-0.2, -0.15) is 0 Å². The fourth-order valence-electron chi connectivity index (χ4n) is 2.28. The molecule has 15 heavy (non-hydrogen) atoms. The summed E-state index contributed by atoms with van der Waals surface area (Å²) < 4.78 is 0. The van der Waals surface area contributed by atoms with Crippen LogP contribution < -0.4 is 5.32 Å². The van der Waals surface area contributed by atoms with Crippen LogP contribution in [0.2, 0.25) is 0 Å². The molecule has 0 amide bonds. The molecule has 0 aliphatic carbocycles. The van der Waals surface area contributed by atoms with Crippen molar-refractivity contribution in [1.82, 2.24) is 0 Å². The minimum atomic E-state index is 0.771. The summed E-state index contributed by atoms with van der Waals surface area (Å²) in [5, 5.41) is 3.56. The summed E-state index contributed by atoms with van der Waals surface area (Å²) in [6.45, 7) is 10.2. The molecule has 1 aliphatic rings. The Bertz CT molecular complexity index is 366. The lowest BCUT2D eigenvalue weighted by molar-refractivity contribution is 0.393. The number of fused-ring (bicyclic) bond motifs is 1. The summed E-state index contributed by atoms with van der Waals surface area (Å²) in [6.07, 6.45) is 1.24. The highest BCUT2D eigenvalue weighted by atomic mass is 14.9. The van der Waals surface area contributed by atoms with Crippen molar-refractivity contribution >= 4 is 5.69 Å². The average Bonchev–Trinajstić information content (AvgIpc) is 2.19. The summed E-state index contributed by atoms with van der Waals surface area (Å²) >= 11 is 0. The zero-order valence-electron chi connectivity index (χ0n) is 10.2. The summed E-state index contributed by atoms with van der Waals surface area (Å²) in [6, 6.07) is 4.65. The SMILES string of the molecule is Cc1cc2c(cc1C)NCC(C(C)C)C2. The molecule has 1 aliphatic heterocycles. The van der Waals surface area contributed by atoms with E-state index in [-0.39, 0.29) is 0 Å². The second-order valence-corrected chi connectivity index (χ2v) is 5.18. The topological polar surface area (TPSA) is 12.0 Å². The Kier molecular flexibility index (Phi) is 2.72. The molecule has 1 nitrogen and oxygen atoms in total. The van der Waals surface area contributed by atoms with E-state index in [1.54, 1.807) is 0 Å². The van der Waals surface area contributed by atoms with Crippen LogP contribution in [0.5, 0.6) is 0 Å². The van der Waals surface area contributed by atoms with Crippen molar-refractivity contribution in [2.45, 2.75) is 34.1 Å². The van der Waals surface area contributed by atoms with Gasteiger partial charge in [0.15, 0.2) is 0 Å². The normalized spacial score (nSPS) is 19.9. The van der Waals surface area contributed by atoms with Crippen molar-refractivity contribution in [2.24, 2.45) is 11.8 Å². The van der Waals surface area contributed by atoms with Gasteiger partial charge in [0, 0.05) is 12.2 Å². The van der Waals surface area contributed by atoms with E-state index in [4.69, 9.17) is 0 Å². The standard InChI is InChI=1S/C14H21N/c1-9(2)13-7-12-5-10(3)11(4)6-14(12)15-8-13/h5-6,9,13,15H,7-8H2,1-4H3. The molecule has 1 heterocycles. The molecule has 2 rings (SSSR count). The molecule has 1 aromatic rings. The van der Waals surface area contributed by atoms with Gasteiger partial charge in [0.2, 0.25) is 0 Å². The van der Waals surface area contributed by atoms with Gasteiger partial charge >= 0.3 is 0 Å². The summed E-state index contributed by atoms with van der Waals surface area (Å²) in [7, 11) is 0. The molecule has 0 radical (unpaired) electrons. The van der Waals surface area contributed by atoms with E-state index in [2.05, 4.69) is 45.1 Å². The molecule has 0 saturated carbocycles. The zero-order valence-corrected chi connectivity index (χ0v) is 10.2. The van der Waals surface area contributed by atoms with Crippen molar-refractivity contribution in [1.29, 1.82) is 0 Å². The van der Waals surface area contributed by atoms with Crippen LogP contribution in [0.15, 0.2) is 12.1 Å². The number of hydrogen-bond acceptors (Lipinski definition) is 1. The van der Waals surface area contributed by atoms with E-state index in [9.17, 15) is 0 Å². The molecule has 1 N–H and O–H groups in total. The molecule has 0 fully saturated rings. The second-order valence-electron chi connectivity index (χ2n) is 5.18. The van der Waals surface area contributed by atoms with Crippen LogP contribution in [0, 0.1) is 25.7 Å². The molecule has 1 unspecified atom stereocenters. The molecular weight excluding hydrogens is 182 g/mol. The molecular formula is C14H21N. The Morgan fingerprint density at radius 2 is 1.87 bits per heavy atom. The number of rotatable bonds is 1. The number of benzene rings is 1. The van der Waals surface area contributed by atoms with Crippen LogP contribution in [0.25, 0.3) is 0 Å². The van der Waals surface area contributed by atoms with Crippen LogP contribution in [0.1, 0.15) is 30.5 Å². The summed E-state index contributed by atoms with van der Waals surface area (Å²) in [5.74, 6) is 1.56. The Morgan fingerprint density at radius 1 is 1.20 bits per heavy atom. The maximum atomic E-state index is 3.56. The smallest absolute Gasteiger partial charge is 0.0375 e. The van der Waals surface area contributed by atoms with E-state index in [0.717, 1.165) is 18.4 Å². The van der Waals surface area contributed by atoms with E-state index in [1.165, 1.54) is 28.8 Å². The van der Waals surface area contributed by atoms with Crippen molar-refractivity contribution < 1.29 is 0 Å². The first kappa shape index (κ1) is 10.5. The maximum Gasteiger partial charge on any atom is 0.0375 e. The lowest BCUT2D eigenvalue weighted by Crippen LogP contribution is -2.27. The Labute approximate surface area is 92.9 Å². The van der Waals surface area contributed by atoms with Crippen molar-refractivity contribution in [3.63, 3.8) is 0 Å². The van der Waals surface area contributed by atoms with Crippen LogP contribution in [0.3, 0.4) is 0 Å². The van der Waals surface area contributed by atoms with Gasteiger partial charge in [0.1, 0.15) is 0 Å². The first-order chi connectivity index (χ1) is 7.08. The lowest BCUT2D eigenvalue weighted by atomic mass is 9.85. The Balaban J connectivity index is 2.30. The van der Waals surface area contributed by atoms with E-state index < -0.39 is 0 Å². The van der Waals surface area contributed by atoms with Gasteiger partial charge in [0.05, 0.1) is 0 Å². The van der Waals surface area contributed by atoms with Crippen LogP contribution in [-0.2, 0) is 6.42 Å². The van der Waals surface area contributed by atoms with Crippen molar-refractivity contribution in [2.75, 3.05) is 11.9 Å². The predicted octanol–water partition coefficient (Wildman–Crippen LogP) is 3.54. The largest absolute Gasteiger partial charge is 0.385 e. The zero-order chi connectivity index (χ0) is 11.0. The monoisotopic (exact) mass is 203 g/mol. The molecule has 1 heteroatoms. The quantitative estimate of drug-likeness (QED) is 0.736. The predicted molar refractivity (Wildman–Crippen MR) is 66.4 cm³/mol. The van der Waals surface area contributed by atoms with Crippen molar-refractivity contribution in [3.05, 3.63) is 28.8 Å². The first-order valence-electron chi connectivity index (χ1n) is 5.92. The van der Waals surface area contributed by atoms with E-state index >= 15 is 0 Å². The number of anilines is 1. The van der Waals surface area contributed by atoms with Gasteiger partial charge in [-0.25, -0.2) is 0 Å². The Hall–Kier alpha value is -0.980. The third-order valence-corrected chi connectivity index (χ3v) is 3.70. The molecule has 0 aromatic heterocycles. The Morgan fingerprint density at radius 3 is 2.53 bits per heavy atom. The van der Waals surface area contributed by atoms with Crippen molar-refractivity contribution in [3.8, 4) is 0 Å². The van der Waals surface area contributed by atoms with Crippen LogP contribution in [-0.4, -0.2) is 6.54 Å². The number of hydrogen-bond donors (Lipinski definition) is 1. The van der Waals surface area contributed by atoms with Crippen LogP contribution in [0.4, 0.5) is 5.69 Å².